The monoisotopic (exact) mass is 458 g/mol. The molecule has 0 aliphatic carbocycles. The average Bonchev–Trinajstić information content (AvgIpc) is 3.20. The van der Waals surface area contributed by atoms with Gasteiger partial charge >= 0.3 is 0 Å². The standard InChI is InChI=1S/C22H27FN4O2.C2H4O2/c1-5-27(6-2)10-9-24-22(29)20-13(3)19(25-14(20)4)12-17-16-11-15(23)7-8-18(16)26-21(17)28;1-2(3)4/h7-8,11-12,25H,5-6,9-10H2,1-4H3,(H,24,29)(H,26,28);1H3,(H,3,4)/b17-12-;. The normalized spacial score (nSPS) is 13.4. The maximum atomic E-state index is 13.7. The molecule has 0 bridgehead atoms. The molecule has 9 heteroatoms. The Balaban J connectivity index is 0.000000890. The summed E-state index contributed by atoms with van der Waals surface area (Å²) in [6, 6.07) is 4.20. The Morgan fingerprint density at radius 1 is 1.21 bits per heavy atom. The summed E-state index contributed by atoms with van der Waals surface area (Å²) in [4.78, 5) is 39.5. The second-order valence-corrected chi connectivity index (χ2v) is 7.67. The zero-order chi connectivity index (χ0) is 24.7. The fourth-order valence-electron chi connectivity index (χ4n) is 3.66. The van der Waals surface area contributed by atoms with Crippen LogP contribution in [0.25, 0.3) is 11.6 Å². The van der Waals surface area contributed by atoms with Crippen LogP contribution in [0.3, 0.4) is 0 Å². The molecule has 0 radical (unpaired) electrons. The van der Waals surface area contributed by atoms with Crippen LogP contribution in [-0.4, -0.2) is 59.0 Å². The van der Waals surface area contributed by atoms with Gasteiger partial charge in [-0.2, -0.15) is 0 Å². The van der Waals surface area contributed by atoms with Gasteiger partial charge in [0.05, 0.1) is 11.1 Å². The number of anilines is 1. The summed E-state index contributed by atoms with van der Waals surface area (Å²) in [5.74, 6) is -1.67. The molecule has 0 fully saturated rings. The van der Waals surface area contributed by atoms with E-state index in [1.165, 1.54) is 12.1 Å². The van der Waals surface area contributed by atoms with Gasteiger partial charge in [-0.05, 0) is 56.8 Å². The van der Waals surface area contributed by atoms with Crippen molar-refractivity contribution < 1.29 is 23.9 Å². The number of fused-ring (bicyclic) bond motifs is 1. The van der Waals surface area contributed by atoms with Crippen molar-refractivity contribution in [1.82, 2.24) is 15.2 Å². The summed E-state index contributed by atoms with van der Waals surface area (Å²) in [5, 5.41) is 13.1. The number of carboxylic acids is 1. The van der Waals surface area contributed by atoms with Crippen LogP contribution in [0, 0.1) is 19.7 Å². The smallest absolute Gasteiger partial charge is 0.300 e. The van der Waals surface area contributed by atoms with E-state index in [1.807, 2.05) is 13.8 Å². The van der Waals surface area contributed by atoms with E-state index in [1.54, 1.807) is 12.1 Å². The van der Waals surface area contributed by atoms with Crippen LogP contribution in [0.1, 0.15) is 53.6 Å². The number of likely N-dealkylation sites (N-methyl/N-ethyl adjacent to an activating group) is 1. The van der Waals surface area contributed by atoms with Crippen LogP contribution < -0.4 is 10.6 Å². The molecule has 178 valence electrons. The Kier molecular flexibility index (Phi) is 8.93. The number of halogens is 1. The second-order valence-electron chi connectivity index (χ2n) is 7.67. The SMILES string of the molecule is CC(=O)O.CCN(CC)CCNC(=O)c1c(C)[nH]c(/C=C2\C(=O)Nc3ccc(F)cc32)c1C. The number of carbonyl (C=O) groups is 3. The molecular formula is C24H31FN4O4. The molecule has 8 nitrogen and oxygen atoms in total. The number of nitrogens with one attached hydrogen (secondary N) is 3. The molecule has 33 heavy (non-hydrogen) atoms. The molecule has 2 heterocycles. The highest BCUT2D eigenvalue weighted by Crippen LogP contribution is 2.34. The molecule has 2 amide bonds. The van der Waals surface area contributed by atoms with Crippen LogP contribution in [0.4, 0.5) is 10.1 Å². The number of benzene rings is 1. The first-order chi connectivity index (χ1) is 15.6. The minimum atomic E-state index is -0.833. The van der Waals surface area contributed by atoms with Gasteiger partial charge in [-0.1, -0.05) is 13.8 Å². The Hall–Kier alpha value is -3.46. The molecule has 1 aliphatic heterocycles. The molecule has 0 saturated heterocycles. The number of carbonyl (C=O) groups excluding carboxylic acids is 2. The maximum Gasteiger partial charge on any atom is 0.300 e. The van der Waals surface area contributed by atoms with Crippen LogP contribution in [0.5, 0.6) is 0 Å². The van der Waals surface area contributed by atoms with Crippen LogP contribution in [-0.2, 0) is 9.59 Å². The molecule has 1 aromatic carbocycles. The number of aromatic nitrogens is 1. The molecule has 0 atom stereocenters. The number of carboxylic acid groups (broad SMARTS) is 1. The van der Waals surface area contributed by atoms with Gasteiger partial charge in [0.2, 0.25) is 0 Å². The van der Waals surface area contributed by atoms with Crippen molar-refractivity contribution in [2.45, 2.75) is 34.6 Å². The minimum absolute atomic E-state index is 0.143. The second kappa shape index (κ2) is 11.4. The van der Waals surface area contributed by atoms with Gasteiger partial charge < -0.3 is 25.6 Å². The summed E-state index contributed by atoms with van der Waals surface area (Å²) in [7, 11) is 0. The fourth-order valence-corrected chi connectivity index (χ4v) is 3.66. The van der Waals surface area contributed by atoms with Gasteiger partial charge in [-0.15, -0.1) is 0 Å². The number of H-pyrrole nitrogens is 1. The zero-order valence-electron chi connectivity index (χ0n) is 19.6. The van der Waals surface area contributed by atoms with Gasteiger partial charge in [0.25, 0.3) is 17.8 Å². The van der Waals surface area contributed by atoms with E-state index in [0.29, 0.717) is 34.6 Å². The third kappa shape index (κ3) is 6.52. The van der Waals surface area contributed by atoms with Crippen molar-refractivity contribution in [1.29, 1.82) is 0 Å². The first kappa shape index (κ1) is 25.8. The van der Waals surface area contributed by atoms with Crippen LogP contribution in [0.15, 0.2) is 18.2 Å². The lowest BCUT2D eigenvalue weighted by Gasteiger charge is -2.18. The third-order valence-corrected chi connectivity index (χ3v) is 5.36. The van der Waals surface area contributed by atoms with E-state index in [0.717, 1.165) is 37.8 Å². The van der Waals surface area contributed by atoms with E-state index < -0.39 is 11.8 Å². The molecule has 0 saturated carbocycles. The quantitative estimate of drug-likeness (QED) is 0.475. The third-order valence-electron chi connectivity index (χ3n) is 5.36. The van der Waals surface area contributed by atoms with Crippen molar-refractivity contribution >= 4 is 35.1 Å². The largest absolute Gasteiger partial charge is 0.481 e. The summed E-state index contributed by atoms with van der Waals surface area (Å²) >= 11 is 0. The number of aryl methyl sites for hydroxylation is 1. The highest BCUT2D eigenvalue weighted by molar-refractivity contribution is 6.34. The topological polar surface area (TPSA) is 115 Å². The van der Waals surface area contributed by atoms with Crippen molar-refractivity contribution in [3.8, 4) is 0 Å². The van der Waals surface area contributed by atoms with Crippen molar-refractivity contribution in [2.24, 2.45) is 0 Å². The number of rotatable bonds is 7. The van der Waals surface area contributed by atoms with Gasteiger partial charge in [-0.3, -0.25) is 14.4 Å². The van der Waals surface area contributed by atoms with E-state index in [4.69, 9.17) is 9.90 Å². The van der Waals surface area contributed by atoms with E-state index in [-0.39, 0.29) is 11.8 Å². The predicted molar refractivity (Wildman–Crippen MR) is 127 cm³/mol. The number of aliphatic carboxylic acids is 1. The van der Waals surface area contributed by atoms with Gasteiger partial charge in [0.15, 0.2) is 0 Å². The predicted octanol–water partition coefficient (Wildman–Crippen LogP) is 3.43. The lowest BCUT2D eigenvalue weighted by Crippen LogP contribution is -2.35. The highest BCUT2D eigenvalue weighted by atomic mass is 19.1. The van der Waals surface area contributed by atoms with E-state index in [2.05, 4.69) is 34.4 Å². The number of nitrogens with zero attached hydrogens (tertiary/aromatic N) is 1. The maximum absolute atomic E-state index is 13.7. The zero-order valence-corrected chi connectivity index (χ0v) is 19.6. The molecule has 0 spiro atoms. The number of hydrogen-bond donors (Lipinski definition) is 4. The lowest BCUT2D eigenvalue weighted by atomic mass is 10.0. The molecule has 1 aromatic heterocycles. The number of aromatic amines is 1. The van der Waals surface area contributed by atoms with Crippen molar-refractivity contribution in [3.63, 3.8) is 0 Å². The highest BCUT2D eigenvalue weighted by Gasteiger charge is 2.26. The van der Waals surface area contributed by atoms with Crippen LogP contribution >= 0.6 is 0 Å². The molecule has 3 rings (SSSR count). The Labute approximate surface area is 192 Å². The molecule has 4 N–H and O–H groups in total. The van der Waals surface area contributed by atoms with Gasteiger partial charge in [-0.25, -0.2) is 4.39 Å². The molecule has 1 aliphatic rings. The Morgan fingerprint density at radius 3 is 2.45 bits per heavy atom. The van der Waals surface area contributed by atoms with E-state index in [9.17, 15) is 14.0 Å². The minimum Gasteiger partial charge on any atom is -0.481 e. The van der Waals surface area contributed by atoms with Crippen molar-refractivity contribution in [3.05, 3.63) is 52.1 Å². The van der Waals surface area contributed by atoms with Gasteiger partial charge in [0, 0.05) is 42.7 Å². The van der Waals surface area contributed by atoms with E-state index >= 15 is 0 Å². The average molecular weight is 459 g/mol. The lowest BCUT2D eigenvalue weighted by molar-refractivity contribution is -0.134. The van der Waals surface area contributed by atoms with Crippen molar-refractivity contribution in [2.75, 3.05) is 31.5 Å². The molecule has 0 unspecified atom stereocenters. The summed E-state index contributed by atoms with van der Waals surface area (Å²) < 4.78 is 13.7. The molecular weight excluding hydrogens is 427 g/mol. The first-order valence-electron chi connectivity index (χ1n) is 10.8. The first-order valence-corrected chi connectivity index (χ1v) is 10.8. The Morgan fingerprint density at radius 2 is 1.85 bits per heavy atom. The number of hydrogen-bond acceptors (Lipinski definition) is 4. The Bertz CT molecular complexity index is 1070. The van der Waals surface area contributed by atoms with Gasteiger partial charge in [0.1, 0.15) is 5.82 Å². The number of amides is 2. The summed E-state index contributed by atoms with van der Waals surface area (Å²) in [6.07, 6.45) is 1.68. The van der Waals surface area contributed by atoms with Crippen LogP contribution in [0.2, 0.25) is 0 Å². The summed E-state index contributed by atoms with van der Waals surface area (Å²) in [5.41, 5.74) is 4.20. The fraction of sp³-hybridized carbons (Fsp3) is 0.375. The summed E-state index contributed by atoms with van der Waals surface area (Å²) in [6.45, 7) is 12.2. The molecule has 2 aromatic rings.